The zero-order valence-corrected chi connectivity index (χ0v) is 47.2. The van der Waals surface area contributed by atoms with E-state index < -0.39 is 6.10 Å². The maximum absolute atomic E-state index is 12.9. The van der Waals surface area contributed by atoms with Crippen LogP contribution in [0.15, 0.2) is 60.8 Å². The van der Waals surface area contributed by atoms with E-state index in [0.29, 0.717) is 19.3 Å². The number of hydrogen-bond donors (Lipinski definition) is 0. The standard InChI is InChI=1S/C65H116O6/c1-4-7-10-13-16-19-22-25-28-31-33-35-37-40-43-46-49-52-55-58-64(67)70-61-62(60-69-63(66)57-54-51-48-45-42-39-36-30-27-24-21-18-15-12-9-6-3)71-65(68)59-56-53-50-47-44-41-38-34-32-29-26-23-20-17-14-11-8-5-2/h23,26,29-30,32,34,36,38-39,42,62H,4-22,24-25,27-28,31,33,35,37,40-41,43-61H2,1-3H3/b26-23-,32-29-,36-30-,38-34-,42-39-. The predicted molar refractivity (Wildman–Crippen MR) is 307 cm³/mol. The molecule has 0 amide bonds. The molecule has 0 aromatic carbocycles. The van der Waals surface area contributed by atoms with Gasteiger partial charge >= 0.3 is 17.9 Å². The van der Waals surface area contributed by atoms with E-state index in [4.69, 9.17) is 14.2 Å². The zero-order chi connectivity index (χ0) is 51.4. The molecule has 0 bridgehead atoms. The van der Waals surface area contributed by atoms with Crippen molar-refractivity contribution in [3.05, 3.63) is 60.8 Å². The Hall–Kier alpha value is -2.89. The van der Waals surface area contributed by atoms with Crippen LogP contribution >= 0.6 is 0 Å². The van der Waals surface area contributed by atoms with Gasteiger partial charge in [-0.15, -0.1) is 0 Å². The molecule has 0 aliphatic heterocycles. The average Bonchev–Trinajstić information content (AvgIpc) is 3.37. The fourth-order valence-electron chi connectivity index (χ4n) is 8.91. The number of allylic oxidation sites excluding steroid dienone is 10. The van der Waals surface area contributed by atoms with Gasteiger partial charge in [0.2, 0.25) is 0 Å². The van der Waals surface area contributed by atoms with E-state index in [0.717, 1.165) is 96.3 Å². The Bertz CT molecular complexity index is 1280. The first-order chi connectivity index (χ1) is 35.0. The Balaban J connectivity index is 4.42. The van der Waals surface area contributed by atoms with E-state index in [-0.39, 0.29) is 31.1 Å². The fraction of sp³-hybridized carbons (Fsp3) is 0.800. The molecule has 6 heteroatoms. The molecule has 0 aliphatic carbocycles. The van der Waals surface area contributed by atoms with E-state index in [1.165, 1.54) is 180 Å². The van der Waals surface area contributed by atoms with Gasteiger partial charge in [0, 0.05) is 19.3 Å². The summed E-state index contributed by atoms with van der Waals surface area (Å²) in [5.74, 6) is -0.920. The second-order valence-corrected chi connectivity index (χ2v) is 20.7. The molecule has 0 heterocycles. The second kappa shape index (κ2) is 59.7. The molecule has 0 rings (SSSR count). The van der Waals surface area contributed by atoms with Crippen molar-refractivity contribution in [2.75, 3.05) is 13.2 Å². The predicted octanol–water partition coefficient (Wildman–Crippen LogP) is 20.8. The number of rotatable bonds is 56. The smallest absolute Gasteiger partial charge is 0.306 e. The number of esters is 3. The van der Waals surface area contributed by atoms with E-state index in [2.05, 4.69) is 81.5 Å². The number of carbonyl (C=O) groups excluding carboxylic acids is 3. The lowest BCUT2D eigenvalue weighted by molar-refractivity contribution is -0.167. The minimum atomic E-state index is -0.795. The van der Waals surface area contributed by atoms with Crippen LogP contribution < -0.4 is 0 Å². The van der Waals surface area contributed by atoms with Gasteiger partial charge in [-0.25, -0.2) is 0 Å². The Morgan fingerprint density at radius 3 is 0.803 bits per heavy atom. The summed E-state index contributed by atoms with van der Waals surface area (Å²) < 4.78 is 16.9. The average molecular weight is 994 g/mol. The van der Waals surface area contributed by atoms with Gasteiger partial charge in [-0.3, -0.25) is 14.4 Å². The quantitative estimate of drug-likeness (QED) is 0.0261. The van der Waals surface area contributed by atoms with Gasteiger partial charge in [-0.05, 0) is 70.6 Å². The van der Waals surface area contributed by atoms with Crippen molar-refractivity contribution in [1.82, 2.24) is 0 Å². The van der Waals surface area contributed by atoms with Crippen LogP contribution in [-0.4, -0.2) is 37.2 Å². The van der Waals surface area contributed by atoms with Crippen molar-refractivity contribution < 1.29 is 28.6 Å². The van der Waals surface area contributed by atoms with Gasteiger partial charge in [-0.1, -0.05) is 287 Å². The third kappa shape index (κ3) is 57.9. The van der Waals surface area contributed by atoms with Crippen molar-refractivity contribution >= 4 is 17.9 Å². The topological polar surface area (TPSA) is 78.9 Å². The van der Waals surface area contributed by atoms with Crippen molar-refractivity contribution in [2.45, 2.75) is 322 Å². The molecule has 0 saturated carbocycles. The third-order valence-electron chi connectivity index (χ3n) is 13.6. The molecular weight excluding hydrogens is 877 g/mol. The summed E-state index contributed by atoms with van der Waals surface area (Å²) in [4.78, 5) is 38.2. The van der Waals surface area contributed by atoms with Crippen LogP contribution in [0.4, 0.5) is 0 Å². The second-order valence-electron chi connectivity index (χ2n) is 20.7. The summed E-state index contributed by atoms with van der Waals surface area (Å²) in [6, 6.07) is 0. The van der Waals surface area contributed by atoms with Crippen molar-refractivity contribution in [2.24, 2.45) is 0 Å². The summed E-state index contributed by atoms with van der Waals surface area (Å²) in [5, 5.41) is 0. The fourth-order valence-corrected chi connectivity index (χ4v) is 8.91. The molecule has 0 aromatic rings. The van der Waals surface area contributed by atoms with Crippen LogP contribution in [0.2, 0.25) is 0 Å². The molecule has 412 valence electrons. The number of unbranched alkanes of at least 4 members (excludes halogenated alkanes) is 38. The summed E-state index contributed by atoms with van der Waals surface area (Å²) in [7, 11) is 0. The maximum Gasteiger partial charge on any atom is 0.306 e. The lowest BCUT2D eigenvalue weighted by Crippen LogP contribution is -2.30. The SMILES string of the molecule is CCCCCCC\C=C/C=C\C=C/CCCCCCCC(=O)OC(COC(=O)CCCCC/C=C\C=C/CCCCCCCCC)COC(=O)CCCCCCCCCCCCCCCCCCCCC. The number of carbonyl (C=O) groups is 3. The van der Waals surface area contributed by atoms with Gasteiger partial charge in [0.25, 0.3) is 0 Å². The molecule has 0 spiro atoms. The van der Waals surface area contributed by atoms with Gasteiger partial charge in [0.05, 0.1) is 0 Å². The monoisotopic (exact) mass is 993 g/mol. The molecule has 1 atom stereocenters. The molecule has 6 nitrogen and oxygen atoms in total. The van der Waals surface area contributed by atoms with Gasteiger partial charge < -0.3 is 14.2 Å². The molecule has 0 fully saturated rings. The number of ether oxygens (including phenoxy) is 3. The summed E-state index contributed by atoms with van der Waals surface area (Å²) in [5.41, 5.74) is 0. The van der Waals surface area contributed by atoms with E-state index in [1.807, 2.05) is 0 Å². The third-order valence-corrected chi connectivity index (χ3v) is 13.6. The zero-order valence-electron chi connectivity index (χ0n) is 47.2. The van der Waals surface area contributed by atoms with Crippen molar-refractivity contribution in [3.63, 3.8) is 0 Å². The summed E-state index contributed by atoms with van der Waals surface area (Å²) in [6.07, 6.45) is 75.0. The Labute approximate surface area is 440 Å². The normalized spacial score (nSPS) is 12.4. The van der Waals surface area contributed by atoms with Crippen LogP contribution in [0.1, 0.15) is 316 Å². The molecule has 0 N–H and O–H groups in total. The van der Waals surface area contributed by atoms with Crippen molar-refractivity contribution in [1.29, 1.82) is 0 Å². The molecule has 0 saturated heterocycles. The maximum atomic E-state index is 12.9. The Morgan fingerprint density at radius 1 is 0.282 bits per heavy atom. The Kier molecular flexibility index (Phi) is 57.2. The van der Waals surface area contributed by atoms with E-state index >= 15 is 0 Å². The lowest BCUT2D eigenvalue weighted by atomic mass is 10.0. The van der Waals surface area contributed by atoms with Gasteiger partial charge in [-0.2, -0.15) is 0 Å². The van der Waals surface area contributed by atoms with Crippen LogP contribution in [0.5, 0.6) is 0 Å². The highest BCUT2D eigenvalue weighted by Gasteiger charge is 2.19. The first-order valence-electron chi connectivity index (χ1n) is 30.8. The first kappa shape index (κ1) is 68.1. The molecule has 71 heavy (non-hydrogen) atoms. The highest BCUT2D eigenvalue weighted by Crippen LogP contribution is 2.16. The van der Waals surface area contributed by atoms with Crippen LogP contribution in [0.25, 0.3) is 0 Å². The number of hydrogen-bond acceptors (Lipinski definition) is 6. The lowest BCUT2D eigenvalue weighted by Gasteiger charge is -2.18. The van der Waals surface area contributed by atoms with Gasteiger partial charge in [0.15, 0.2) is 6.10 Å². The minimum Gasteiger partial charge on any atom is -0.462 e. The molecule has 0 aromatic heterocycles. The highest BCUT2D eigenvalue weighted by molar-refractivity contribution is 5.71. The van der Waals surface area contributed by atoms with Gasteiger partial charge in [0.1, 0.15) is 13.2 Å². The first-order valence-corrected chi connectivity index (χ1v) is 30.8. The highest BCUT2D eigenvalue weighted by atomic mass is 16.6. The van der Waals surface area contributed by atoms with Crippen molar-refractivity contribution in [3.8, 4) is 0 Å². The van der Waals surface area contributed by atoms with Crippen LogP contribution in [0, 0.1) is 0 Å². The minimum absolute atomic E-state index is 0.0884. The van der Waals surface area contributed by atoms with E-state index in [1.54, 1.807) is 0 Å². The summed E-state index contributed by atoms with van der Waals surface area (Å²) >= 11 is 0. The summed E-state index contributed by atoms with van der Waals surface area (Å²) in [6.45, 7) is 6.62. The van der Waals surface area contributed by atoms with Crippen LogP contribution in [0.3, 0.4) is 0 Å². The van der Waals surface area contributed by atoms with E-state index in [9.17, 15) is 14.4 Å². The molecular formula is C65H116O6. The molecule has 0 radical (unpaired) electrons. The van der Waals surface area contributed by atoms with Crippen LogP contribution in [-0.2, 0) is 28.6 Å². The molecule has 0 aliphatic rings. The molecule has 1 unspecified atom stereocenters. The largest absolute Gasteiger partial charge is 0.462 e. The Morgan fingerprint density at radius 2 is 0.507 bits per heavy atom.